The number of hydrogen-bond acceptors (Lipinski definition) is 4. The summed E-state index contributed by atoms with van der Waals surface area (Å²) < 4.78 is 5.14. The van der Waals surface area contributed by atoms with Gasteiger partial charge in [-0.25, -0.2) is 4.98 Å². The van der Waals surface area contributed by atoms with E-state index >= 15 is 0 Å². The Kier molecular flexibility index (Phi) is 4.50. The number of hydrogen-bond donors (Lipinski definition) is 2. The summed E-state index contributed by atoms with van der Waals surface area (Å²) >= 11 is 0. The normalized spacial score (nSPS) is 9.81. The number of pyridine rings is 1. The molecule has 2 N–H and O–H groups in total. The fraction of sp³-hybridized carbons (Fsp3) is 0.133. The molecule has 0 spiro atoms. The summed E-state index contributed by atoms with van der Waals surface area (Å²) in [6.07, 6.45) is 1.52. The van der Waals surface area contributed by atoms with Crippen molar-refractivity contribution in [3.8, 4) is 5.75 Å². The third-order valence-corrected chi connectivity index (χ3v) is 2.72. The summed E-state index contributed by atoms with van der Waals surface area (Å²) in [6.45, 7) is 1.88. The average Bonchev–Trinajstić information content (AvgIpc) is 2.48. The minimum atomic E-state index is -0.794. The van der Waals surface area contributed by atoms with Gasteiger partial charge in [-0.3, -0.25) is 9.59 Å². The van der Waals surface area contributed by atoms with Crippen molar-refractivity contribution < 1.29 is 14.3 Å². The molecule has 21 heavy (non-hydrogen) atoms. The molecule has 6 nitrogen and oxygen atoms in total. The van der Waals surface area contributed by atoms with Gasteiger partial charge in [0.05, 0.1) is 12.8 Å². The van der Waals surface area contributed by atoms with Crippen LogP contribution in [0.5, 0.6) is 5.75 Å². The highest BCUT2D eigenvalue weighted by Crippen LogP contribution is 2.25. The van der Waals surface area contributed by atoms with E-state index in [1.54, 1.807) is 30.3 Å². The van der Waals surface area contributed by atoms with Crippen molar-refractivity contribution in [3.63, 3.8) is 0 Å². The van der Waals surface area contributed by atoms with E-state index < -0.39 is 11.8 Å². The molecule has 1 aromatic carbocycles. The van der Waals surface area contributed by atoms with Crippen LogP contribution in [-0.4, -0.2) is 23.9 Å². The lowest BCUT2D eigenvalue weighted by atomic mass is 10.2. The van der Waals surface area contributed by atoms with Gasteiger partial charge in [0.1, 0.15) is 11.6 Å². The van der Waals surface area contributed by atoms with Crippen molar-refractivity contribution in [2.24, 2.45) is 0 Å². The van der Waals surface area contributed by atoms with Crippen LogP contribution in [0.3, 0.4) is 0 Å². The number of methoxy groups -OCH3 is 1. The lowest BCUT2D eigenvalue weighted by molar-refractivity contribution is -0.133. The SMILES string of the molecule is COc1ccc(C)cc1NC(=O)C(=O)Nc1ccccn1. The topological polar surface area (TPSA) is 80.3 Å². The van der Waals surface area contributed by atoms with Crippen molar-refractivity contribution in [1.82, 2.24) is 4.98 Å². The first-order valence-electron chi connectivity index (χ1n) is 6.28. The lowest BCUT2D eigenvalue weighted by Crippen LogP contribution is -2.29. The maximum Gasteiger partial charge on any atom is 0.315 e. The van der Waals surface area contributed by atoms with Crippen LogP contribution in [-0.2, 0) is 9.59 Å². The molecule has 2 rings (SSSR count). The third kappa shape index (κ3) is 3.79. The zero-order valence-corrected chi connectivity index (χ0v) is 11.7. The quantitative estimate of drug-likeness (QED) is 0.845. The molecule has 0 radical (unpaired) electrons. The fourth-order valence-corrected chi connectivity index (χ4v) is 1.71. The Bertz CT molecular complexity index is 656. The van der Waals surface area contributed by atoms with Gasteiger partial charge in [0.25, 0.3) is 0 Å². The summed E-state index contributed by atoms with van der Waals surface area (Å²) in [7, 11) is 1.49. The van der Waals surface area contributed by atoms with Crippen LogP contribution in [0.25, 0.3) is 0 Å². The second-order valence-electron chi connectivity index (χ2n) is 4.33. The van der Waals surface area contributed by atoms with Crippen molar-refractivity contribution in [2.45, 2.75) is 6.92 Å². The summed E-state index contributed by atoms with van der Waals surface area (Å²) in [5.41, 5.74) is 1.38. The molecule has 0 aliphatic carbocycles. The van der Waals surface area contributed by atoms with Crippen LogP contribution in [0, 0.1) is 6.92 Å². The Labute approximate surface area is 122 Å². The number of amides is 2. The number of carbonyl (C=O) groups is 2. The van der Waals surface area contributed by atoms with Gasteiger partial charge >= 0.3 is 11.8 Å². The molecule has 0 atom stereocenters. The van der Waals surface area contributed by atoms with Gasteiger partial charge in [-0.1, -0.05) is 12.1 Å². The summed E-state index contributed by atoms with van der Waals surface area (Å²) in [4.78, 5) is 27.6. The smallest absolute Gasteiger partial charge is 0.315 e. The standard InChI is InChI=1S/C15H15N3O3/c1-10-6-7-12(21-2)11(9-10)17-14(19)15(20)18-13-5-3-4-8-16-13/h3-9H,1-2H3,(H,17,19)(H,16,18,20). The van der Waals surface area contributed by atoms with Crippen LogP contribution in [0.1, 0.15) is 5.56 Å². The molecular weight excluding hydrogens is 270 g/mol. The Morgan fingerprint density at radius 2 is 1.86 bits per heavy atom. The maximum atomic E-state index is 11.9. The first kappa shape index (κ1) is 14.5. The van der Waals surface area contributed by atoms with Gasteiger partial charge in [0.2, 0.25) is 0 Å². The van der Waals surface area contributed by atoms with Crippen LogP contribution < -0.4 is 15.4 Å². The molecule has 6 heteroatoms. The number of aryl methyl sites for hydroxylation is 1. The largest absolute Gasteiger partial charge is 0.495 e. The summed E-state index contributed by atoms with van der Waals surface area (Å²) in [5.74, 6) is -0.782. The molecule has 0 aliphatic heterocycles. The molecule has 108 valence electrons. The summed E-state index contributed by atoms with van der Waals surface area (Å²) in [6, 6.07) is 10.3. The molecule has 0 saturated heterocycles. The van der Waals surface area contributed by atoms with E-state index in [0.717, 1.165) is 5.56 Å². The second kappa shape index (κ2) is 6.51. The van der Waals surface area contributed by atoms with E-state index in [9.17, 15) is 9.59 Å². The van der Waals surface area contributed by atoms with Gasteiger partial charge in [-0.05, 0) is 36.8 Å². The number of carbonyl (C=O) groups excluding carboxylic acids is 2. The predicted molar refractivity (Wildman–Crippen MR) is 79.2 cm³/mol. The number of ether oxygens (including phenoxy) is 1. The van der Waals surface area contributed by atoms with Crippen LogP contribution >= 0.6 is 0 Å². The third-order valence-electron chi connectivity index (χ3n) is 2.72. The Balaban J connectivity index is 2.07. The van der Waals surface area contributed by atoms with Crippen molar-refractivity contribution in [3.05, 3.63) is 48.2 Å². The number of anilines is 2. The predicted octanol–water partition coefficient (Wildman–Crippen LogP) is 1.98. The minimum absolute atomic E-state index is 0.314. The van der Waals surface area contributed by atoms with Gasteiger partial charge in [-0.2, -0.15) is 0 Å². The molecule has 1 heterocycles. The van der Waals surface area contributed by atoms with Crippen LogP contribution in [0.4, 0.5) is 11.5 Å². The van der Waals surface area contributed by atoms with E-state index in [0.29, 0.717) is 17.3 Å². The highest BCUT2D eigenvalue weighted by Gasteiger charge is 2.16. The van der Waals surface area contributed by atoms with Gasteiger partial charge in [-0.15, -0.1) is 0 Å². The van der Waals surface area contributed by atoms with Crippen molar-refractivity contribution in [1.29, 1.82) is 0 Å². The zero-order chi connectivity index (χ0) is 15.2. The van der Waals surface area contributed by atoms with E-state index in [4.69, 9.17) is 4.74 Å². The molecule has 2 amide bonds. The number of nitrogens with zero attached hydrogens (tertiary/aromatic N) is 1. The lowest BCUT2D eigenvalue weighted by Gasteiger charge is -2.10. The Morgan fingerprint density at radius 1 is 1.10 bits per heavy atom. The first-order chi connectivity index (χ1) is 10.1. The molecule has 0 fully saturated rings. The van der Waals surface area contributed by atoms with Gasteiger partial charge in [0.15, 0.2) is 0 Å². The van der Waals surface area contributed by atoms with Crippen LogP contribution in [0.2, 0.25) is 0 Å². The minimum Gasteiger partial charge on any atom is -0.495 e. The zero-order valence-electron chi connectivity index (χ0n) is 11.7. The highest BCUT2D eigenvalue weighted by atomic mass is 16.5. The van der Waals surface area contributed by atoms with E-state index in [1.807, 2.05) is 13.0 Å². The number of rotatable bonds is 3. The molecule has 0 aliphatic rings. The average molecular weight is 285 g/mol. The Morgan fingerprint density at radius 3 is 2.52 bits per heavy atom. The molecule has 1 aromatic heterocycles. The summed E-state index contributed by atoms with van der Waals surface area (Å²) in [5, 5.41) is 4.93. The van der Waals surface area contributed by atoms with Gasteiger partial charge in [0, 0.05) is 6.20 Å². The molecule has 2 aromatic rings. The van der Waals surface area contributed by atoms with Gasteiger partial charge < -0.3 is 15.4 Å². The molecule has 0 saturated carbocycles. The highest BCUT2D eigenvalue weighted by molar-refractivity contribution is 6.43. The Hall–Kier alpha value is -2.89. The number of nitrogens with one attached hydrogen (secondary N) is 2. The maximum absolute atomic E-state index is 11.9. The number of aromatic nitrogens is 1. The van der Waals surface area contributed by atoms with Crippen molar-refractivity contribution >= 4 is 23.3 Å². The number of benzene rings is 1. The van der Waals surface area contributed by atoms with E-state index in [2.05, 4.69) is 15.6 Å². The van der Waals surface area contributed by atoms with E-state index in [1.165, 1.54) is 13.3 Å². The molecule has 0 unspecified atom stereocenters. The molecular formula is C15H15N3O3. The van der Waals surface area contributed by atoms with E-state index in [-0.39, 0.29) is 0 Å². The van der Waals surface area contributed by atoms with Crippen LogP contribution in [0.15, 0.2) is 42.6 Å². The molecule has 0 bridgehead atoms. The monoisotopic (exact) mass is 285 g/mol. The fourth-order valence-electron chi connectivity index (χ4n) is 1.71. The van der Waals surface area contributed by atoms with Crippen molar-refractivity contribution in [2.75, 3.05) is 17.7 Å². The second-order valence-corrected chi connectivity index (χ2v) is 4.33. The first-order valence-corrected chi connectivity index (χ1v) is 6.28.